The molecule has 1 aromatic carbocycles. The van der Waals surface area contributed by atoms with Crippen LogP contribution in [0.1, 0.15) is 30.8 Å². The number of carboxylic acids is 1. The Hall–Kier alpha value is -2.50. The maximum Gasteiger partial charge on any atom is 0.326 e. The van der Waals surface area contributed by atoms with Gasteiger partial charge in [-0.3, -0.25) is 4.79 Å². The molecule has 0 spiro atoms. The lowest BCUT2D eigenvalue weighted by Gasteiger charge is -2.15. The summed E-state index contributed by atoms with van der Waals surface area (Å²) >= 11 is 0. The summed E-state index contributed by atoms with van der Waals surface area (Å²) in [5.41, 5.74) is 0.514. The van der Waals surface area contributed by atoms with E-state index in [0.717, 1.165) is 0 Å². The second kappa shape index (κ2) is 6.51. The first-order valence-corrected chi connectivity index (χ1v) is 7.02. The third-order valence-corrected chi connectivity index (χ3v) is 3.28. The number of benzene rings is 1. The standard InChI is InChI=1S/C16H19NO5/c1-9(2)7-11(16(19)20)17-15(18)14-8-10-12(21-3)5-4-6-13(10)22-14/h4-6,8-9,11H,7H2,1-3H3,(H,17,18)(H,19,20)/t11-/m0/s1. The Morgan fingerprint density at radius 2 is 2.09 bits per heavy atom. The average molecular weight is 305 g/mol. The van der Waals surface area contributed by atoms with E-state index in [1.807, 2.05) is 13.8 Å². The fraction of sp³-hybridized carbons (Fsp3) is 0.375. The number of nitrogens with one attached hydrogen (secondary N) is 1. The predicted molar refractivity (Wildman–Crippen MR) is 81.1 cm³/mol. The minimum Gasteiger partial charge on any atom is -0.496 e. The molecule has 1 heterocycles. The van der Waals surface area contributed by atoms with Gasteiger partial charge in [-0.15, -0.1) is 0 Å². The summed E-state index contributed by atoms with van der Waals surface area (Å²) in [5.74, 6) is -0.800. The van der Waals surface area contributed by atoms with Crippen molar-refractivity contribution >= 4 is 22.8 Å². The van der Waals surface area contributed by atoms with Gasteiger partial charge in [0.15, 0.2) is 5.76 Å². The van der Waals surface area contributed by atoms with Gasteiger partial charge in [-0.05, 0) is 24.5 Å². The van der Waals surface area contributed by atoms with Crippen LogP contribution in [0.3, 0.4) is 0 Å². The zero-order valence-electron chi connectivity index (χ0n) is 12.8. The molecule has 0 aliphatic heterocycles. The van der Waals surface area contributed by atoms with Gasteiger partial charge in [-0.2, -0.15) is 0 Å². The zero-order chi connectivity index (χ0) is 16.3. The minimum absolute atomic E-state index is 0.0644. The van der Waals surface area contributed by atoms with Gasteiger partial charge in [0.2, 0.25) is 0 Å². The number of methoxy groups -OCH3 is 1. The van der Waals surface area contributed by atoms with E-state index in [9.17, 15) is 14.7 Å². The third kappa shape index (κ3) is 3.39. The van der Waals surface area contributed by atoms with Gasteiger partial charge >= 0.3 is 5.97 Å². The Kier molecular flexibility index (Phi) is 4.70. The van der Waals surface area contributed by atoms with Crippen LogP contribution in [0.25, 0.3) is 11.0 Å². The van der Waals surface area contributed by atoms with Crippen LogP contribution in [0.5, 0.6) is 5.75 Å². The first-order chi connectivity index (χ1) is 10.4. The Morgan fingerprint density at radius 1 is 1.36 bits per heavy atom. The molecule has 0 unspecified atom stereocenters. The van der Waals surface area contributed by atoms with Crippen LogP contribution in [0.2, 0.25) is 0 Å². The predicted octanol–water partition coefficient (Wildman–Crippen LogP) is 2.67. The number of amides is 1. The summed E-state index contributed by atoms with van der Waals surface area (Å²) in [7, 11) is 1.53. The lowest BCUT2D eigenvalue weighted by Crippen LogP contribution is -2.41. The molecule has 0 aliphatic rings. The van der Waals surface area contributed by atoms with Gasteiger partial charge in [-0.1, -0.05) is 19.9 Å². The molecule has 0 aliphatic carbocycles. The molecule has 2 N–H and O–H groups in total. The summed E-state index contributed by atoms with van der Waals surface area (Å²) in [6, 6.07) is 5.85. The van der Waals surface area contributed by atoms with Crippen LogP contribution >= 0.6 is 0 Å². The highest BCUT2D eigenvalue weighted by Gasteiger charge is 2.23. The van der Waals surface area contributed by atoms with E-state index in [1.165, 1.54) is 7.11 Å². The number of fused-ring (bicyclic) bond motifs is 1. The van der Waals surface area contributed by atoms with E-state index in [4.69, 9.17) is 9.15 Å². The molecule has 1 amide bonds. The van der Waals surface area contributed by atoms with E-state index >= 15 is 0 Å². The summed E-state index contributed by atoms with van der Waals surface area (Å²) in [5, 5.41) is 12.3. The Balaban J connectivity index is 2.23. The molecular weight excluding hydrogens is 286 g/mol. The number of carboxylic acid groups (broad SMARTS) is 1. The highest BCUT2D eigenvalue weighted by molar-refractivity contribution is 5.99. The van der Waals surface area contributed by atoms with Crippen molar-refractivity contribution in [2.24, 2.45) is 5.92 Å². The molecule has 2 aromatic rings. The van der Waals surface area contributed by atoms with Crippen LogP contribution < -0.4 is 10.1 Å². The monoisotopic (exact) mass is 305 g/mol. The normalized spacial score (nSPS) is 12.4. The van der Waals surface area contributed by atoms with Crippen LogP contribution in [0.15, 0.2) is 28.7 Å². The number of rotatable bonds is 6. The van der Waals surface area contributed by atoms with Gasteiger partial charge in [-0.25, -0.2) is 4.79 Å². The highest BCUT2D eigenvalue weighted by atomic mass is 16.5. The molecular formula is C16H19NO5. The molecule has 22 heavy (non-hydrogen) atoms. The number of hydrogen-bond donors (Lipinski definition) is 2. The first kappa shape index (κ1) is 15.9. The fourth-order valence-electron chi connectivity index (χ4n) is 2.25. The Morgan fingerprint density at radius 3 is 2.68 bits per heavy atom. The first-order valence-electron chi connectivity index (χ1n) is 7.02. The number of hydrogen-bond acceptors (Lipinski definition) is 4. The molecule has 6 nitrogen and oxygen atoms in total. The molecule has 2 rings (SSSR count). The largest absolute Gasteiger partial charge is 0.496 e. The second-order valence-electron chi connectivity index (χ2n) is 5.48. The van der Waals surface area contributed by atoms with Crippen molar-refractivity contribution in [3.05, 3.63) is 30.0 Å². The van der Waals surface area contributed by atoms with Crippen molar-refractivity contribution in [1.82, 2.24) is 5.32 Å². The van der Waals surface area contributed by atoms with Gasteiger partial charge in [0.05, 0.1) is 12.5 Å². The van der Waals surface area contributed by atoms with E-state index < -0.39 is 17.9 Å². The third-order valence-electron chi connectivity index (χ3n) is 3.28. The molecule has 0 bridgehead atoms. The fourth-order valence-corrected chi connectivity index (χ4v) is 2.25. The average Bonchev–Trinajstić information content (AvgIpc) is 2.89. The molecule has 0 fully saturated rings. The lowest BCUT2D eigenvalue weighted by atomic mass is 10.0. The number of carbonyl (C=O) groups excluding carboxylic acids is 1. The molecule has 0 saturated heterocycles. The number of ether oxygens (including phenoxy) is 1. The lowest BCUT2D eigenvalue weighted by molar-refractivity contribution is -0.139. The van der Waals surface area contributed by atoms with Gasteiger partial charge in [0.25, 0.3) is 5.91 Å². The van der Waals surface area contributed by atoms with Crippen LogP contribution in [0, 0.1) is 5.92 Å². The van der Waals surface area contributed by atoms with Gasteiger partial charge < -0.3 is 19.6 Å². The molecule has 6 heteroatoms. The van der Waals surface area contributed by atoms with Crippen molar-refractivity contribution in [3.63, 3.8) is 0 Å². The minimum atomic E-state index is -1.06. The number of aliphatic carboxylic acids is 1. The maximum atomic E-state index is 12.2. The summed E-state index contributed by atoms with van der Waals surface area (Å²) in [6.07, 6.45) is 0.352. The van der Waals surface area contributed by atoms with E-state index in [2.05, 4.69) is 5.32 Å². The van der Waals surface area contributed by atoms with Crippen LogP contribution in [-0.4, -0.2) is 30.1 Å². The summed E-state index contributed by atoms with van der Waals surface area (Å²) < 4.78 is 10.7. The van der Waals surface area contributed by atoms with E-state index in [0.29, 0.717) is 23.1 Å². The zero-order valence-corrected chi connectivity index (χ0v) is 12.8. The summed E-state index contributed by atoms with van der Waals surface area (Å²) in [6.45, 7) is 3.79. The van der Waals surface area contributed by atoms with E-state index in [1.54, 1.807) is 24.3 Å². The highest BCUT2D eigenvalue weighted by Crippen LogP contribution is 2.28. The van der Waals surface area contributed by atoms with Gasteiger partial charge in [0.1, 0.15) is 17.4 Å². The van der Waals surface area contributed by atoms with E-state index in [-0.39, 0.29) is 11.7 Å². The Bertz CT molecular complexity index is 689. The molecule has 1 aromatic heterocycles. The molecule has 1 atom stereocenters. The quantitative estimate of drug-likeness (QED) is 0.856. The van der Waals surface area contributed by atoms with Crippen molar-refractivity contribution in [2.75, 3.05) is 7.11 Å². The molecule has 0 saturated carbocycles. The topological polar surface area (TPSA) is 88.8 Å². The van der Waals surface area contributed by atoms with Gasteiger partial charge in [0, 0.05) is 6.07 Å². The maximum absolute atomic E-state index is 12.2. The van der Waals surface area contributed by atoms with Crippen molar-refractivity contribution in [3.8, 4) is 5.75 Å². The smallest absolute Gasteiger partial charge is 0.326 e. The molecule has 118 valence electrons. The van der Waals surface area contributed by atoms with Crippen LogP contribution in [0.4, 0.5) is 0 Å². The molecule has 0 radical (unpaired) electrons. The van der Waals surface area contributed by atoms with Crippen LogP contribution in [-0.2, 0) is 4.79 Å². The summed E-state index contributed by atoms with van der Waals surface area (Å²) in [4.78, 5) is 23.4. The van der Waals surface area contributed by atoms with Crippen molar-refractivity contribution in [2.45, 2.75) is 26.3 Å². The Labute approximate surface area is 128 Å². The SMILES string of the molecule is COc1cccc2oc(C(=O)N[C@@H](CC(C)C)C(=O)O)cc12. The van der Waals surface area contributed by atoms with Crippen molar-refractivity contribution in [1.29, 1.82) is 0 Å². The second-order valence-corrected chi connectivity index (χ2v) is 5.48. The van der Waals surface area contributed by atoms with Crippen molar-refractivity contribution < 1.29 is 23.8 Å². The number of carbonyl (C=O) groups is 2. The number of furan rings is 1.